The van der Waals surface area contributed by atoms with Crippen LogP contribution in [0.2, 0.25) is 0 Å². The van der Waals surface area contributed by atoms with Crippen molar-refractivity contribution in [1.29, 1.82) is 0 Å². The Morgan fingerprint density at radius 1 is 1.02 bits per heavy atom. The van der Waals surface area contributed by atoms with E-state index in [-0.39, 0.29) is 48.5 Å². The zero-order chi connectivity index (χ0) is 30.8. The third-order valence-electron chi connectivity index (χ3n) is 7.97. The van der Waals surface area contributed by atoms with Gasteiger partial charge >= 0.3 is 11.9 Å². The Kier molecular flexibility index (Phi) is 12.8. The van der Waals surface area contributed by atoms with Crippen LogP contribution in [-0.4, -0.2) is 47.0 Å². The lowest BCUT2D eigenvalue weighted by Crippen LogP contribution is -2.53. The highest BCUT2D eigenvalue weighted by molar-refractivity contribution is 7.87. The van der Waals surface area contributed by atoms with E-state index in [1.807, 2.05) is 27.7 Å². The number of ether oxygens (including phenoxy) is 3. The Morgan fingerprint density at radius 3 is 1.95 bits per heavy atom. The molecule has 13 heteroatoms. The van der Waals surface area contributed by atoms with Gasteiger partial charge in [0, 0.05) is 0 Å². The SMILES string of the molecule is CCCCC(CC)CC(CC(CC)CCCC)(C(=O)O)C(C(=O)OCc1cc2c(cc1[N+](=O)[O-])OCO2)S(=O)(=O)O. The Hall–Kier alpha value is -2.93. The molecule has 232 valence electrons. The number of hydrogen-bond donors (Lipinski definition) is 2. The van der Waals surface area contributed by atoms with Crippen LogP contribution in [0.3, 0.4) is 0 Å². The molecular weight excluding hydrogens is 558 g/mol. The zero-order valence-electron chi connectivity index (χ0n) is 24.3. The number of hydrogen-bond acceptors (Lipinski definition) is 9. The van der Waals surface area contributed by atoms with Gasteiger partial charge in [-0.05, 0) is 30.7 Å². The van der Waals surface area contributed by atoms with Crippen LogP contribution in [0.5, 0.6) is 11.5 Å². The Labute approximate surface area is 241 Å². The quantitative estimate of drug-likeness (QED) is 0.0833. The molecule has 3 unspecified atom stereocenters. The monoisotopic (exact) mass is 601 g/mol. The van der Waals surface area contributed by atoms with Crippen molar-refractivity contribution in [3.63, 3.8) is 0 Å². The number of benzene rings is 1. The predicted molar refractivity (Wildman–Crippen MR) is 150 cm³/mol. The van der Waals surface area contributed by atoms with Gasteiger partial charge in [-0.15, -0.1) is 0 Å². The van der Waals surface area contributed by atoms with E-state index in [0.29, 0.717) is 25.7 Å². The van der Waals surface area contributed by atoms with E-state index in [9.17, 15) is 37.8 Å². The van der Waals surface area contributed by atoms with Crippen molar-refractivity contribution < 1.29 is 46.8 Å². The maximum atomic E-state index is 13.5. The fraction of sp³-hybridized carbons (Fsp3) is 0.714. The number of carboxylic acids is 1. The lowest BCUT2D eigenvalue weighted by Gasteiger charge is -2.39. The van der Waals surface area contributed by atoms with E-state index in [0.717, 1.165) is 31.7 Å². The average Bonchev–Trinajstić information content (AvgIpc) is 3.37. The fourth-order valence-electron chi connectivity index (χ4n) is 5.62. The van der Waals surface area contributed by atoms with Gasteiger partial charge in [0.1, 0.15) is 6.61 Å². The number of fused-ring (bicyclic) bond motifs is 1. The first-order valence-corrected chi connectivity index (χ1v) is 15.8. The second-order valence-corrected chi connectivity index (χ2v) is 12.3. The molecule has 2 rings (SSSR count). The minimum absolute atomic E-state index is 0.105. The number of carboxylic acid groups (broad SMARTS) is 1. The van der Waals surface area contributed by atoms with Gasteiger partial charge in [-0.3, -0.25) is 24.3 Å². The van der Waals surface area contributed by atoms with E-state index < -0.39 is 49.9 Å². The number of carbonyl (C=O) groups excluding carboxylic acids is 1. The lowest BCUT2D eigenvalue weighted by atomic mass is 9.68. The highest BCUT2D eigenvalue weighted by Crippen LogP contribution is 2.45. The van der Waals surface area contributed by atoms with E-state index in [1.54, 1.807) is 0 Å². The molecule has 0 aromatic heterocycles. The zero-order valence-corrected chi connectivity index (χ0v) is 25.1. The molecule has 0 saturated carbocycles. The summed E-state index contributed by atoms with van der Waals surface area (Å²) in [4.78, 5) is 37.6. The number of esters is 1. The summed E-state index contributed by atoms with van der Waals surface area (Å²) < 4.78 is 51.8. The van der Waals surface area contributed by atoms with Crippen molar-refractivity contribution in [2.45, 2.75) is 104 Å². The fourth-order valence-corrected chi connectivity index (χ4v) is 6.79. The summed E-state index contributed by atoms with van der Waals surface area (Å²) >= 11 is 0. The van der Waals surface area contributed by atoms with Gasteiger partial charge in [0.25, 0.3) is 15.8 Å². The molecule has 0 saturated heterocycles. The summed E-state index contributed by atoms with van der Waals surface area (Å²) in [5.74, 6) is -3.11. The van der Waals surface area contributed by atoms with Crippen molar-refractivity contribution in [3.05, 3.63) is 27.8 Å². The van der Waals surface area contributed by atoms with Crippen LogP contribution >= 0.6 is 0 Å². The molecule has 41 heavy (non-hydrogen) atoms. The van der Waals surface area contributed by atoms with Crippen molar-refractivity contribution in [2.75, 3.05) is 6.79 Å². The third kappa shape index (κ3) is 8.78. The summed E-state index contributed by atoms with van der Waals surface area (Å²) in [6.07, 6.45) is 5.34. The summed E-state index contributed by atoms with van der Waals surface area (Å²) in [6, 6.07) is 2.35. The minimum Gasteiger partial charge on any atom is -0.481 e. The van der Waals surface area contributed by atoms with Crippen molar-refractivity contribution in [2.24, 2.45) is 17.3 Å². The molecule has 0 amide bonds. The van der Waals surface area contributed by atoms with Crippen LogP contribution in [0, 0.1) is 27.4 Å². The van der Waals surface area contributed by atoms with Gasteiger partial charge in [0.05, 0.1) is 22.0 Å². The molecule has 0 radical (unpaired) electrons. The number of carbonyl (C=O) groups is 2. The maximum Gasteiger partial charge on any atom is 0.328 e. The summed E-state index contributed by atoms with van der Waals surface area (Å²) in [6.45, 7) is 6.83. The lowest BCUT2D eigenvalue weighted by molar-refractivity contribution is -0.385. The summed E-state index contributed by atoms with van der Waals surface area (Å²) in [5, 5.41) is 19.9. The smallest absolute Gasteiger partial charge is 0.328 e. The summed E-state index contributed by atoms with van der Waals surface area (Å²) in [7, 11) is -5.29. The van der Waals surface area contributed by atoms with Crippen molar-refractivity contribution in [3.8, 4) is 11.5 Å². The van der Waals surface area contributed by atoms with E-state index >= 15 is 0 Å². The molecule has 0 fully saturated rings. The molecule has 0 aliphatic carbocycles. The first kappa shape index (κ1) is 34.3. The average molecular weight is 602 g/mol. The molecule has 1 aliphatic rings. The largest absolute Gasteiger partial charge is 0.481 e. The van der Waals surface area contributed by atoms with Gasteiger partial charge in [-0.1, -0.05) is 79.1 Å². The van der Waals surface area contributed by atoms with Gasteiger partial charge in [0.2, 0.25) is 6.79 Å². The molecule has 12 nitrogen and oxygen atoms in total. The topological polar surface area (TPSA) is 180 Å². The van der Waals surface area contributed by atoms with Crippen LogP contribution in [0.15, 0.2) is 12.1 Å². The van der Waals surface area contributed by atoms with E-state index in [1.165, 1.54) is 6.07 Å². The molecule has 0 spiro atoms. The first-order valence-electron chi connectivity index (χ1n) is 14.3. The van der Waals surface area contributed by atoms with Crippen LogP contribution < -0.4 is 9.47 Å². The number of unbranched alkanes of at least 4 members (excludes halogenated alkanes) is 2. The molecule has 1 aliphatic heterocycles. The molecular formula is C28H43NO11S. The highest BCUT2D eigenvalue weighted by Gasteiger charge is 2.57. The molecule has 1 aromatic carbocycles. The maximum absolute atomic E-state index is 13.5. The molecule has 1 aromatic rings. The van der Waals surface area contributed by atoms with Gasteiger partial charge in [-0.2, -0.15) is 8.42 Å². The number of rotatable bonds is 19. The van der Waals surface area contributed by atoms with Crippen molar-refractivity contribution in [1.82, 2.24) is 0 Å². The predicted octanol–water partition coefficient (Wildman–Crippen LogP) is 5.91. The normalized spacial score (nSPS) is 16.4. The van der Waals surface area contributed by atoms with Crippen LogP contribution in [0.4, 0.5) is 5.69 Å². The standard InChI is InChI=1S/C28H43NO11S/c1-5-9-11-19(7-3)15-28(27(31)32,16-20(8-4)12-10-6-2)25(41(35,36)37)26(30)38-17-21-13-23-24(40-18-39-23)14-22(21)29(33)34/h13-14,19-20,25H,5-12,15-18H2,1-4H3,(H,31,32)(H,35,36,37). The van der Waals surface area contributed by atoms with Gasteiger partial charge < -0.3 is 19.3 Å². The molecule has 3 atom stereocenters. The van der Waals surface area contributed by atoms with E-state index in [4.69, 9.17) is 14.2 Å². The molecule has 2 N–H and O–H groups in total. The van der Waals surface area contributed by atoms with E-state index in [2.05, 4.69) is 0 Å². The van der Waals surface area contributed by atoms with Crippen molar-refractivity contribution >= 4 is 27.7 Å². The Bertz CT molecular complexity index is 1150. The number of aliphatic carboxylic acids is 1. The minimum atomic E-state index is -5.29. The second kappa shape index (κ2) is 15.3. The first-order chi connectivity index (χ1) is 19.3. The van der Waals surface area contributed by atoms with Crippen LogP contribution in [0.1, 0.15) is 97.5 Å². The third-order valence-corrected chi connectivity index (χ3v) is 9.21. The van der Waals surface area contributed by atoms with Crippen LogP contribution in [-0.2, 0) is 31.1 Å². The number of nitro benzene ring substituents is 1. The summed E-state index contributed by atoms with van der Waals surface area (Å²) in [5.41, 5.74) is -2.73. The molecule has 0 bridgehead atoms. The number of nitro groups is 1. The highest BCUT2D eigenvalue weighted by atomic mass is 32.2. The Morgan fingerprint density at radius 2 is 1.54 bits per heavy atom. The molecule has 1 heterocycles. The van der Waals surface area contributed by atoms with Gasteiger partial charge in [-0.25, -0.2) is 0 Å². The van der Waals surface area contributed by atoms with Crippen LogP contribution in [0.25, 0.3) is 0 Å². The Balaban J connectivity index is 2.56. The van der Waals surface area contributed by atoms with Gasteiger partial charge in [0.15, 0.2) is 16.7 Å². The second-order valence-electron chi connectivity index (χ2n) is 10.8. The number of nitrogens with zero attached hydrogens (tertiary/aromatic N) is 1.